The summed E-state index contributed by atoms with van der Waals surface area (Å²) in [6, 6.07) is 23.9. The summed E-state index contributed by atoms with van der Waals surface area (Å²) < 4.78 is 31.4. The first kappa shape index (κ1) is 32.9. The van der Waals surface area contributed by atoms with Gasteiger partial charge in [-0.1, -0.05) is 107 Å². The van der Waals surface area contributed by atoms with E-state index in [1.54, 1.807) is 0 Å². The Kier molecular flexibility index (Phi) is 11.9. The average molecular weight is 601 g/mol. The standard InChI is InChI=1S/C38H52N2O2S/c1-6-8-9-10-11-12-13-14-15-16-19-31-22-28-34(29-23-31)43(41,42)38(32-24-26-33(27-25-32)39(4)5)37-30(3)40(7-2)36-21-18-17-20-35(36)37/h17-18,20-29,38H,6-16,19H2,1-5H3. The topological polar surface area (TPSA) is 42.3 Å². The minimum absolute atomic E-state index is 0.383. The fourth-order valence-corrected chi connectivity index (χ4v) is 8.35. The predicted octanol–water partition coefficient (Wildman–Crippen LogP) is 10.1. The number of aryl methyl sites for hydroxylation is 2. The molecule has 1 heterocycles. The highest BCUT2D eigenvalue weighted by Crippen LogP contribution is 2.42. The van der Waals surface area contributed by atoms with Crippen LogP contribution in [0.15, 0.2) is 77.7 Å². The molecule has 43 heavy (non-hydrogen) atoms. The second-order valence-corrected chi connectivity index (χ2v) is 14.3. The Balaban J connectivity index is 1.54. The summed E-state index contributed by atoms with van der Waals surface area (Å²) in [6.45, 7) is 7.23. The van der Waals surface area contributed by atoms with Gasteiger partial charge < -0.3 is 9.47 Å². The molecule has 0 bridgehead atoms. The summed E-state index contributed by atoms with van der Waals surface area (Å²) >= 11 is 0. The van der Waals surface area contributed by atoms with Crippen molar-refractivity contribution in [1.82, 2.24) is 4.57 Å². The van der Waals surface area contributed by atoms with Gasteiger partial charge in [-0.2, -0.15) is 0 Å². The Morgan fingerprint density at radius 1 is 0.721 bits per heavy atom. The third-order valence-electron chi connectivity index (χ3n) is 8.95. The minimum Gasteiger partial charge on any atom is -0.378 e. The zero-order chi connectivity index (χ0) is 30.8. The van der Waals surface area contributed by atoms with Crippen LogP contribution in [0, 0.1) is 6.92 Å². The molecule has 0 fully saturated rings. The van der Waals surface area contributed by atoms with E-state index in [0.717, 1.165) is 52.8 Å². The van der Waals surface area contributed by atoms with E-state index in [1.165, 1.54) is 63.4 Å². The normalized spacial score (nSPS) is 12.6. The lowest BCUT2D eigenvalue weighted by Crippen LogP contribution is -2.17. The molecule has 0 radical (unpaired) electrons. The maximum absolute atomic E-state index is 14.6. The molecule has 0 saturated heterocycles. The molecule has 4 aromatic rings. The maximum Gasteiger partial charge on any atom is 0.189 e. The molecule has 0 aliphatic heterocycles. The summed E-state index contributed by atoms with van der Waals surface area (Å²) in [5.41, 5.74) is 6.01. The summed E-state index contributed by atoms with van der Waals surface area (Å²) in [5, 5.41) is 0.207. The van der Waals surface area contributed by atoms with Crippen LogP contribution in [0.1, 0.15) is 106 Å². The number of hydrogen-bond donors (Lipinski definition) is 0. The molecule has 1 aromatic heterocycles. The molecule has 232 valence electrons. The van der Waals surface area contributed by atoms with Gasteiger partial charge in [0.1, 0.15) is 5.25 Å². The lowest BCUT2D eigenvalue weighted by molar-refractivity contribution is 0.556. The van der Waals surface area contributed by atoms with E-state index in [4.69, 9.17) is 0 Å². The fraction of sp³-hybridized carbons (Fsp3) is 0.474. The van der Waals surface area contributed by atoms with Crippen molar-refractivity contribution in [2.24, 2.45) is 0 Å². The molecular formula is C38H52N2O2S. The number of hydrogen-bond acceptors (Lipinski definition) is 3. The van der Waals surface area contributed by atoms with Crippen molar-refractivity contribution in [2.75, 3.05) is 19.0 Å². The highest BCUT2D eigenvalue weighted by Gasteiger charge is 2.35. The van der Waals surface area contributed by atoms with Crippen molar-refractivity contribution >= 4 is 26.4 Å². The van der Waals surface area contributed by atoms with Crippen molar-refractivity contribution in [3.63, 3.8) is 0 Å². The monoisotopic (exact) mass is 600 g/mol. The second-order valence-electron chi connectivity index (χ2n) is 12.2. The zero-order valence-electron chi connectivity index (χ0n) is 27.1. The maximum atomic E-state index is 14.6. The van der Waals surface area contributed by atoms with Crippen LogP contribution in [0.2, 0.25) is 0 Å². The first-order chi connectivity index (χ1) is 20.8. The lowest BCUT2D eigenvalue weighted by atomic mass is 10.0. The van der Waals surface area contributed by atoms with Crippen molar-refractivity contribution in [3.05, 3.63) is 95.2 Å². The highest BCUT2D eigenvalue weighted by atomic mass is 32.2. The largest absolute Gasteiger partial charge is 0.378 e. The van der Waals surface area contributed by atoms with E-state index >= 15 is 0 Å². The van der Waals surface area contributed by atoms with Gasteiger partial charge in [-0.25, -0.2) is 8.42 Å². The summed E-state index contributed by atoms with van der Waals surface area (Å²) in [7, 11) is 0.262. The summed E-state index contributed by atoms with van der Waals surface area (Å²) in [4.78, 5) is 2.42. The van der Waals surface area contributed by atoms with Gasteiger partial charge in [0, 0.05) is 48.5 Å². The number of aromatic nitrogens is 1. The van der Waals surface area contributed by atoms with E-state index in [1.807, 2.05) is 79.7 Å². The van der Waals surface area contributed by atoms with Crippen LogP contribution >= 0.6 is 0 Å². The van der Waals surface area contributed by atoms with Crippen LogP contribution in [0.5, 0.6) is 0 Å². The third kappa shape index (κ3) is 7.92. The van der Waals surface area contributed by atoms with Gasteiger partial charge in [0.2, 0.25) is 0 Å². The fourth-order valence-electron chi connectivity index (χ4n) is 6.44. The van der Waals surface area contributed by atoms with E-state index in [2.05, 4.69) is 37.5 Å². The molecule has 4 nitrogen and oxygen atoms in total. The van der Waals surface area contributed by atoms with Crippen molar-refractivity contribution in [2.45, 2.75) is 108 Å². The zero-order valence-corrected chi connectivity index (χ0v) is 27.9. The van der Waals surface area contributed by atoms with Crippen LogP contribution in [-0.4, -0.2) is 27.1 Å². The molecule has 5 heteroatoms. The first-order valence-corrected chi connectivity index (χ1v) is 18.0. The van der Waals surface area contributed by atoms with Crippen molar-refractivity contribution in [3.8, 4) is 0 Å². The molecule has 0 N–H and O–H groups in total. The lowest BCUT2D eigenvalue weighted by Gasteiger charge is -2.21. The van der Waals surface area contributed by atoms with Gasteiger partial charge in [-0.05, 0) is 68.1 Å². The number of nitrogens with zero attached hydrogens (tertiary/aromatic N) is 2. The molecule has 0 aliphatic carbocycles. The Morgan fingerprint density at radius 2 is 1.30 bits per heavy atom. The minimum atomic E-state index is -3.74. The van der Waals surface area contributed by atoms with Gasteiger partial charge in [-0.3, -0.25) is 0 Å². The second kappa shape index (κ2) is 15.6. The average Bonchev–Trinajstić information content (AvgIpc) is 3.29. The number of rotatable bonds is 17. The smallest absolute Gasteiger partial charge is 0.189 e. The molecule has 4 rings (SSSR count). The molecule has 3 aromatic carbocycles. The third-order valence-corrected chi connectivity index (χ3v) is 11.0. The van der Waals surface area contributed by atoms with Gasteiger partial charge in [0.25, 0.3) is 0 Å². The van der Waals surface area contributed by atoms with Gasteiger partial charge in [0.05, 0.1) is 4.90 Å². The molecule has 0 saturated carbocycles. The molecular weight excluding hydrogens is 548 g/mol. The van der Waals surface area contributed by atoms with E-state index in [0.29, 0.717) is 4.90 Å². The first-order valence-electron chi connectivity index (χ1n) is 16.5. The molecule has 0 amide bonds. The number of para-hydroxylation sites is 1. The van der Waals surface area contributed by atoms with Crippen LogP contribution in [0.4, 0.5) is 5.69 Å². The van der Waals surface area contributed by atoms with E-state index < -0.39 is 15.1 Å². The van der Waals surface area contributed by atoms with Crippen LogP contribution < -0.4 is 4.90 Å². The van der Waals surface area contributed by atoms with Crippen molar-refractivity contribution < 1.29 is 8.42 Å². The Labute approximate surface area is 261 Å². The number of benzene rings is 3. The van der Waals surface area contributed by atoms with Gasteiger partial charge in [0.15, 0.2) is 9.84 Å². The number of fused-ring (bicyclic) bond motifs is 1. The van der Waals surface area contributed by atoms with Crippen LogP contribution in [0.25, 0.3) is 10.9 Å². The highest BCUT2D eigenvalue weighted by molar-refractivity contribution is 7.92. The predicted molar refractivity (Wildman–Crippen MR) is 184 cm³/mol. The number of unbranched alkanes of at least 4 members (excludes halogenated alkanes) is 9. The molecule has 1 unspecified atom stereocenters. The molecule has 0 spiro atoms. The van der Waals surface area contributed by atoms with Gasteiger partial charge in [-0.15, -0.1) is 0 Å². The summed E-state index contributed by atoms with van der Waals surface area (Å²) in [5.74, 6) is 0. The Morgan fingerprint density at radius 3 is 1.88 bits per heavy atom. The Bertz CT molecular complexity index is 1530. The SMILES string of the molecule is CCCCCCCCCCCCc1ccc(S(=O)(=O)C(c2ccc(N(C)C)cc2)c2c(C)n(CC)c3ccccc23)cc1. The van der Waals surface area contributed by atoms with E-state index in [-0.39, 0.29) is 0 Å². The number of sulfone groups is 1. The van der Waals surface area contributed by atoms with Gasteiger partial charge >= 0.3 is 0 Å². The number of anilines is 1. The van der Waals surface area contributed by atoms with Crippen LogP contribution in [0.3, 0.4) is 0 Å². The van der Waals surface area contributed by atoms with Crippen LogP contribution in [-0.2, 0) is 22.8 Å². The molecule has 0 aliphatic rings. The molecule has 1 atom stereocenters. The quantitative estimate of drug-likeness (QED) is 0.113. The summed E-state index contributed by atoms with van der Waals surface area (Å²) in [6.07, 6.45) is 14.2. The van der Waals surface area contributed by atoms with E-state index in [9.17, 15) is 8.42 Å². The van der Waals surface area contributed by atoms with Crippen molar-refractivity contribution in [1.29, 1.82) is 0 Å². The Hall–Kier alpha value is -3.05.